The van der Waals surface area contributed by atoms with Gasteiger partial charge in [-0.2, -0.15) is 14.9 Å². The van der Waals surface area contributed by atoms with E-state index in [1.165, 1.54) is 20.2 Å². The summed E-state index contributed by atoms with van der Waals surface area (Å²) in [5, 5.41) is 18.8. The van der Waals surface area contributed by atoms with E-state index >= 15 is 0 Å². The number of nitrogens with two attached hydrogens (primary N) is 3. The van der Waals surface area contributed by atoms with Gasteiger partial charge in [0.05, 0.1) is 29.4 Å². The molecular weight excluding hydrogens is 486 g/mol. The molecule has 0 saturated heterocycles. The van der Waals surface area contributed by atoms with Gasteiger partial charge in [-0.05, 0) is 24.3 Å². The molecule has 0 spiro atoms. The molecule has 0 bridgehead atoms. The number of anilines is 1. The highest BCUT2D eigenvalue weighted by Crippen LogP contribution is 2.34. The van der Waals surface area contributed by atoms with E-state index in [0.29, 0.717) is 33.6 Å². The second kappa shape index (κ2) is 9.76. The molecule has 14 heteroatoms. The van der Waals surface area contributed by atoms with E-state index in [9.17, 15) is 10.1 Å². The normalized spacial score (nSPS) is 11.4. The second-order valence-electron chi connectivity index (χ2n) is 8.17. The van der Waals surface area contributed by atoms with Crippen molar-refractivity contribution < 1.29 is 0 Å². The van der Waals surface area contributed by atoms with Crippen molar-refractivity contribution in [1.82, 2.24) is 39.1 Å². The molecule has 4 heterocycles. The Labute approximate surface area is 215 Å². The van der Waals surface area contributed by atoms with E-state index in [1.54, 1.807) is 56.0 Å². The van der Waals surface area contributed by atoms with Crippen molar-refractivity contribution in [2.45, 2.75) is 6.54 Å². The molecule has 5 rings (SSSR count). The minimum absolute atomic E-state index is 0.0125. The summed E-state index contributed by atoms with van der Waals surface area (Å²) in [4.78, 5) is 29.7. The first-order valence-corrected chi connectivity index (χ1v) is 11.2. The minimum Gasteiger partial charge on any atom is -0.368 e. The lowest BCUT2D eigenvalue weighted by atomic mass is 10.00. The summed E-state index contributed by atoms with van der Waals surface area (Å²) < 4.78 is 2.83. The highest BCUT2D eigenvalue weighted by molar-refractivity contribution is 5.94. The van der Waals surface area contributed by atoms with E-state index in [4.69, 9.17) is 22.4 Å². The number of rotatable bonds is 5. The SMILES string of the molecule is Cn1cc(-c2c(-c3cccc(C#N)c3)nc(N)n3nc(CN(N)/C(=N\N)c4ncccn4)nc23)ccc1=O. The van der Waals surface area contributed by atoms with Gasteiger partial charge in [0.2, 0.25) is 17.3 Å². The third-order valence-electron chi connectivity index (χ3n) is 5.67. The standard InChI is InChI=1S/C24H21N13O/c1-35-12-16(6-7-18(35)38)19-20(15-5-2-4-14(10-15)11-25)32-24(26)37-22(19)31-17(34-37)13-36(28)23(33-27)21-29-8-3-9-30-21/h2-10,12H,13,27-28H2,1H3,(H2,26,32)/b33-23-. The highest BCUT2D eigenvalue weighted by atomic mass is 16.1. The monoisotopic (exact) mass is 507 g/mol. The van der Waals surface area contributed by atoms with Gasteiger partial charge in [0.15, 0.2) is 17.3 Å². The molecular formula is C24H21N13O. The number of aryl methyl sites for hydroxylation is 1. The summed E-state index contributed by atoms with van der Waals surface area (Å²) in [7, 11) is 1.64. The van der Waals surface area contributed by atoms with Crippen LogP contribution in [-0.4, -0.2) is 45.0 Å². The van der Waals surface area contributed by atoms with Crippen molar-refractivity contribution in [2.75, 3.05) is 5.73 Å². The molecule has 14 nitrogen and oxygen atoms in total. The summed E-state index contributed by atoms with van der Waals surface area (Å²) >= 11 is 0. The molecule has 0 aliphatic carbocycles. The Bertz CT molecular complexity index is 1780. The number of hydrazone groups is 1. The van der Waals surface area contributed by atoms with Gasteiger partial charge in [-0.25, -0.2) is 25.8 Å². The highest BCUT2D eigenvalue weighted by Gasteiger charge is 2.22. The quantitative estimate of drug-likeness (QED) is 0.128. The van der Waals surface area contributed by atoms with Crippen LogP contribution in [0.5, 0.6) is 0 Å². The van der Waals surface area contributed by atoms with E-state index in [2.05, 4.69) is 31.2 Å². The van der Waals surface area contributed by atoms with E-state index in [1.807, 2.05) is 6.07 Å². The number of fused-ring (bicyclic) bond motifs is 1. The number of hydrogen-bond acceptors (Lipinski definition) is 11. The lowest BCUT2D eigenvalue weighted by Gasteiger charge is -2.16. The lowest BCUT2D eigenvalue weighted by Crippen LogP contribution is -2.39. The number of aromatic nitrogens is 7. The Kier molecular flexibility index (Phi) is 6.17. The van der Waals surface area contributed by atoms with Crippen molar-refractivity contribution in [3.63, 3.8) is 0 Å². The number of pyridine rings is 1. The van der Waals surface area contributed by atoms with Crippen LogP contribution in [-0.2, 0) is 13.6 Å². The predicted molar refractivity (Wildman–Crippen MR) is 139 cm³/mol. The first-order valence-electron chi connectivity index (χ1n) is 11.2. The van der Waals surface area contributed by atoms with Gasteiger partial charge < -0.3 is 16.1 Å². The van der Waals surface area contributed by atoms with Gasteiger partial charge >= 0.3 is 0 Å². The largest absolute Gasteiger partial charge is 0.368 e. The molecule has 188 valence electrons. The van der Waals surface area contributed by atoms with Crippen LogP contribution in [0.25, 0.3) is 28.0 Å². The average molecular weight is 508 g/mol. The summed E-state index contributed by atoms with van der Waals surface area (Å²) in [6.07, 6.45) is 4.75. The van der Waals surface area contributed by atoms with Gasteiger partial charge in [-0.1, -0.05) is 12.1 Å². The van der Waals surface area contributed by atoms with Gasteiger partial charge in [-0.15, -0.1) is 5.10 Å². The summed E-state index contributed by atoms with van der Waals surface area (Å²) in [6, 6.07) is 13.9. The number of nitriles is 1. The van der Waals surface area contributed by atoms with Crippen LogP contribution in [0.1, 0.15) is 17.2 Å². The van der Waals surface area contributed by atoms with Crippen LogP contribution in [0.15, 0.2) is 71.0 Å². The molecule has 0 saturated carbocycles. The number of hydrogen-bond donors (Lipinski definition) is 3. The maximum absolute atomic E-state index is 12.1. The van der Waals surface area contributed by atoms with Crippen molar-refractivity contribution in [1.29, 1.82) is 5.26 Å². The smallest absolute Gasteiger partial charge is 0.250 e. The third-order valence-corrected chi connectivity index (χ3v) is 5.67. The Morgan fingerprint density at radius 3 is 2.63 bits per heavy atom. The maximum atomic E-state index is 12.1. The molecule has 4 aromatic heterocycles. The molecule has 1 aromatic carbocycles. The zero-order chi connectivity index (χ0) is 26.8. The molecule has 0 amide bonds. The number of benzene rings is 1. The molecule has 6 N–H and O–H groups in total. The first-order chi connectivity index (χ1) is 18.4. The lowest BCUT2D eigenvalue weighted by molar-refractivity contribution is 0.418. The van der Waals surface area contributed by atoms with Crippen LogP contribution < -0.4 is 23.0 Å². The van der Waals surface area contributed by atoms with Crippen molar-refractivity contribution >= 4 is 17.4 Å². The van der Waals surface area contributed by atoms with Crippen LogP contribution in [0.4, 0.5) is 5.95 Å². The molecule has 5 aromatic rings. The van der Waals surface area contributed by atoms with Gasteiger partial charge in [0, 0.05) is 42.8 Å². The zero-order valence-corrected chi connectivity index (χ0v) is 20.1. The summed E-state index contributed by atoms with van der Waals surface area (Å²) in [6.45, 7) is -0.0125. The van der Waals surface area contributed by atoms with Crippen LogP contribution >= 0.6 is 0 Å². The number of amidine groups is 1. The molecule has 38 heavy (non-hydrogen) atoms. The maximum Gasteiger partial charge on any atom is 0.250 e. The molecule has 0 fully saturated rings. The van der Waals surface area contributed by atoms with Crippen molar-refractivity contribution in [3.05, 3.63) is 88.6 Å². The third kappa shape index (κ3) is 4.36. The Hall–Kier alpha value is -5.68. The predicted octanol–water partition coefficient (Wildman–Crippen LogP) is 0.397. The average Bonchev–Trinajstić information content (AvgIpc) is 3.35. The molecule has 0 aliphatic heterocycles. The van der Waals surface area contributed by atoms with Crippen LogP contribution in [0.3, 0.4) is 0 Å². The molecule has 0 radical (unpaired) electrons. The summed E-state index contributed by atoms with van der Waals surface area (Å²) in [5.41, 5.74) is 9.27. The zero-order valence-electron chi connectivity index (χ0n) is 20.1. The number of nitrogens with zero attached hydrogens (tertiary/aromatic N) is 10. The Morgan fingerprint density at radius 1 is 1.13 bits per heavy atom. The van der Waals surface area contributed by atoms with Gasteiger partial charge in [0.25, 0.3) is 0 Å². The fourth-order valence-electron chi connectivity index (χ4n) is 3.92. The molecule has 0 atom stereocenters. The van der Waals surface area contributed by atoms with Crippen molar-refractivity contribution in [3.8, 4) is 28.5 Å². The van der Waals surface area contributed by atoms with Crippen LogP contribution in [0.2, 0.25) is 0 Å². The second-order valence-corrected chi connectivity index (χ2v) is 8.17. The van der Waals surface area contributed by atoms with E-state index in [0.717, 1.165) is 0 Å². The number of nitrogen functional groups attached to an aromatic ring is 1. The van der Waals surface area contributed by atoms with Crippen molar-refractivity contribution in [2.24, 2.45) is 23.8 Å². The minimum atomic E-state index is -0.182. The van der Waals surface area contributed by atoms with Gasteiger partial charge in [0.1, 0.15) is 0 Å². The van der Waals surface area contributed by atoms with Crippen LogP contribution in [0, 0.1) is 11.3 Å². The molecule has 0 aliphatic rings. The summed E-state index contributed by atoms with van der Waals surface area (Å²) in [5.74, 6) is 12.5. The fourth-order valence-corrected chi connectivity index (χ4v) is 3.92. The Morgan fingerprint density at radius 2 is 1.92 bits per heavy atom. The fraction of sp³-hybridized carbons (Fsp3) is 0.0833. The first kappa shape index (κ1) is 24.0. The molecule has 0 unspecified atom stereocenters. The van der Waals surface area contributed by atoms with E-state index < -0.39 is 0 Å². The number of hydrazine groups is 1. The van der Waals surface area contributed by atoms with Gasteiger partial charge in [-0.3, -0.25) is 9.80 Å². The Balaban J connectivity index is 1.68. The van der Waals surface area contributed by atoms with E-state index in [-0.39, 0.29) is 35.5 Å². The topological polar surface area (TPSA) is 208 Å².